The minimum atomic E-state index is -0.757. The molecule has 1 N–H and O–H groups in total. The minimum absolute atomic E-state index is 0.344. The van der Waals surface area contributed by atoms with E-state index in [-0.39, 0.29) is 5.92 Å². The maximum Gasteiger partial charge on any atom is 0.307 e. The number of rotatable bonds is 2. The molecule has 0 aromatic carbocycles. The smallest absolute Gasteiger partial charge is 0.307 e. The molecule has 2 aromatic heterocycles. The van der Waals surface area contributed by atoms with Gasteiger partial charge in [0.05, 0.1) is 5.92 Å². The van der Waals surface area contributed by atoms with Crippen molar-refractivity contribution in [3.05, 3.63) is 30.4 Å². The summed E-state index contributed by atoms with van der Waals surface area (Å²) in [6.45, 7) is 0.611. The molecule has 0 saturated heterocycles. The normalized spacial score (nSPS) is 18.3. The molecule has 1 atom stereocenters. The Morgan fingerprint density at radius 1 is 1.50 bits per heavy atom. The summed E-state index contributed by atoms with van der Waals surface area (Å²) in [7, 11) is 0. The van der Waals surface area contributed by atoms with Gasteiger partial charge in [0.1, 0.15) is 5.82 Å². The molecule has 92 valence electrons. The predicted octanol–water partition coefficient (Wildman–Crippen LogP) is 0.987. The van der Waals surface area contributed by atoms with Crippen LogP contribution < -0.4 is 0 Å². The Morgan fingerprint density at radius 2 is 2.39 bits per heavy atom. The van der Waals surface area contributed by atoms with Crippen LogP contribution in [0, 0.1) is 5.92 Å². The summed E-state index contributed by atoms with van der Waals surface area (Å²) in [5.74, 6) is 0.257. The van der Waals surface area contributed by atoms with Crippen LogP contribution in [0.25, 0.3) is 11.4 Å². The van der Waals surface area contributed by atoms with Crippen LogP contribution in [0.4, 0.5) is 0 Å². The van der Waals surface area contributed by atoms with E-state index in [4.69, 9.17) is 5.11 Å². The van der Waals surface area contributed by atoms with Crippen LogP contribution in [-0.2, 0) is 17.8 Å². The lowest BCUT2D eigenvalue weighted by molar-refractivity contribution is -0.142. The van der Waals surface area contributed by atoms with E-state index in [0.717, 1.165) is 11.4 Å². The van der Waals surface area contributed by atoms with Crippen molar-refractivity contribution in [3.8, 4) is 11.4 Å². The summed E-state index contributed by atoms with van der Waals surface area (Å²) < 4.78 is 1.79. The van der Waals surface area contributed by atoms with Gasteiger partial charge in [0, 0.05) is 30.9 Å². The number of carboxylic acid groups (broad SMARTS) is 1. The molecule has 1 aliphatic heterocycles. The fourth-order valence-electron chi connectivity index (χ4n) is 2.13. The fraction of sp³-hybridized carbons (Fsp3) is 0.333. The first-order valence-corrected chi connectivity index (χ1v) is 5.81. The Kier molecular flexibility index (Phi) is 2.55. The molecule has 0 aliphatic carbocycles. The highest BCUT2D eigenvalue weighted by molar-refractivity contribution is 5.70. The molecule has 1 unspecified atom stereocenters. The molecule has 6 heteroatoms. The summed E-state index contributed by atoms with van der Waals surface area (Å²) in [5, 5.41) is 13.4. The molecule has 2 aromatic rings. The van der Waals surface area contributed by atoms with Crippen molar-refractivity contribution in [3.63, 3.8) is 0 Å². The molecule has 0 saturated carbocycles. The minimum Gasteiger partial charge on any atom is -0.481 e. The van der Waals surface area contributed by atoms with Crippen molar-refractivity contribution in [1.82, 2.24) is 19.7 Å². The van der Waals surface area contributed by atoms with Crippen molar-refractivity contribution in [2.45, 2.75) is 19.4 Å². The molecule has 0 spiro atoms. The van der Waals surface area contributed by atoms with Crippen molar-refractivity contribution in [2.75, 3.05) is 0 Å². The molecule has 6 nitrogen and oxygen atoms in total. The standard InChI is InChI=1S/C12H12N4O2/c17-12(18)8-3-5-16-10(6-8)14-11(15-16)9-2-1-4-13-7-9/h1-2,4,7-8H,3,5-6H2,(H,17,18). The molecule has 0 bridgehead atoms. The topological polar surface area (TPSA) is 80.9 Å². The van der Waals surface area contributed by atoms with Gasteiger partial charge in [-0.25, -0.2) is 9.67 Å². The van der Waals surface area contributed by atoms with Gasteiger partial charge in [0.15, 0.2) is 5.82 Å². The van der Waals surface area contributed by atoms with Crippen molar-refractivity contribution >= 4 is 5.97 Å². The lowest BCUT2D eigenvalue weighted by atomic mass is 9.98. The molecule has 0 amide bonds. The second-order valence-electron chi connectivity index (χ2n) is 4.34. The Bertz CT molecular complexity index is 579. The van der Waals surface area contributed by atoms with Crippen LogP contribution in [0.3, 0.4) is 0 Å². The number of pyridine rings is 1. The molecule has 3 rings (SSSR count). The zero-order valence-electron chi connectivity index (χ0n) is 9.65. The summed E-state index contributed by atoms with van der Waals surface area (Å²) in [6, 6.07) is 3.72. The van der Waals surface area contributed by atoms with Gasteiger partial charge < -0.3 is 5.11 Å². The van der Waals surface area contributed by atoms with Crippen LogP contribution in [0.1, 0.15) is 12.2 Å². The Morgan fingerprint density at radius 3 is 3.11 bits per heavy atom. The van der Waals surface area contributed by atoms with Gasteiger partial charge in [0.2, 0.25) is 0 Å². The second-order valence-corrected chi connectivity index (χ2v) is 4.34. The Labute approximate surface area is 103 Å². The SMILES string of the molecule is O=C(O)C1CCn2nc(-c3cccnc3)nc2C1. The second kappa shape index (κ2) is 4.21. The number of aryl methyl sites for hydroxylation is 1. The average Bonchev–Trinajstić information content (AvgIpc) is 2.82. The van der Waals surface area contributed by atoms with E-state index in [1.54, 1.807) is 17.1 Å². The van der Waals surface area contributed by atoms with Crippen LogP contribution in [0.5, 0.6) is 0 Å². The van der Waals surface area contributed by atoms with E-state index in [0.29, 0.717) is 25.2 Å². The number of aromatic nitrogens is 4. The highest BCUT2D eigenvalue weighted by Crippen LogP contribution is 2.22. The largest absolute Gasteiger partial charge is 0.481 e. The van der Waals surface area contributed by atoms with Gasteiger partial charge in [-0.2, -0.15) is 5.10 Å². The third-order valence-electron chi connectivity index (χ3n) is 3.14. The van der Waals surface area contributed by atoms with Gasteiger partial charge in [-0.15, -0.1) is 0 Å². The summed E-state index contributed by atoms with van der Waals surface area (Å²) in [6.07, 6.45) is 4.46. The van der Waals surface area contributed by atoms with E-state index >= 15 is 0 Å². The van der Waals surface area contributed by atoms with Crippen molar-refractivity contribution < 1.29 is 9.90 Å². The number of hydrogen-bond acceptors (Lipinski definition) is 4. The van der Waals surface area contributed by atoms with Crippen LogP contribution in [0.15, 0.2) is 24.5 Å². The first kappa shape index (κ1) is 10.9. The maximum atomic E-state index is 11.0. The Balaban J connectivity index is 1.92. The number of nitrogens with zero attached hydrogens (tertiary/aromatic N) is 4. The summed E-state index contributed by atoms with van der Waals surface area (Å²) >= 11 is 0. The predicted molar refractivity (Wildman–Crippen MR) is 62.7 cm³/mol. The van der Waals surface area contributed by atoms with Gasteiger partial charge in [-0.05, 0) is 18.6 Å². The molecular formula is C12H12N4O2. The van der Waals surface area contributed by atoms with Gasteiger partial charge >= 0.3 is 5.97 Å². The van der Waals surface area contributed by atoms with Gasteiger partial charge in [-0.3, -0.25) is 9.78 Å². The monoisotopic (exact) mass is 244 g/mol. The van der Waals surface area contributed by atoms with E-state index in [1.165, 1.54) is 0 Å². The van der Waals surface area contributed by atoms with E-state index in [1.807, 2.05) is 12.1 Å². The molecule has 1 aliphatic rings. The molecule has 3 heterocycles. The van der Waals surface area contributed by atoms with Gasteiger partial charge in [0.25, 0.3) is 0 Å². The first-order chi connectivity index (χ1) is 8.74. The molecular weight excluding hydrogens is 232 g/mol. The molecule has 0 radical (unpaired) electrons. The number of hydrogen-bond donors (Lipinski definition) is 1. The molecule has 0 fully saturated rings. The zero-order chi connectivity index (χ0) is 12.5. The highest BCUT2D eigenvalue weighted by atomic mass is 16.4. The number of carbonyl (C=O) groups is 1. The Hall–Kier alpha value is -2.24. The van der Waals surface area contributed by atoms with Gasteiger partial charge in [-0.1, -0.05) is 0 Å². The van der Waals surface area contributed by atoms with Crippen molar-refractivity contribution in [2.24, 2.45) is 5.92 Å². The van der Waals surface area contributed by atoms with Crippen LogP contribution >= 0.6 is 0 Å². The lowest BCUT2D eigenvalue weighted by Gasteiger charge is -2.17. The third kappa shape index (κ3) is 1.85. The number of aliphatic carboxylic acids is 1. The van der Waals surface area contributed by atoms with Crippen molar-refractivity contribution in [1.29, 1.82) is 0 Å². The first-order valence-electron chi connectivity index (χ1n) is 5.81. The molecule has 18 heavy (non-hydrogen) atoms. The summed E-state index contributed by atoms with van der Waals surface area (Å²) in [4.78, 5) is 19.4. The van der Waals surface area contributed by atoms with Crippen LogP contribution in [-0.4, -0.2) is 30.8 Å². The zero-order valence-corrected chi connectivity index (χ0v) is 9.65. The lowest BCUT2D eigenvalue weighted by Crippen LogP contribution is -2.26. The quantitative estimate of drug-likeness (QED) is 0.851. The maximum absolute atomic E-state index is 11.0. The number of carboxylic acids is 1. The van der Waals surface area contributed by atoms with Crippen LogP contribution in [0.2, 0.25) is 0 Å². The van der Waals surface area contributed by atoms with E-state index < -0.39 is 5.97 Å². The summed E-state index contributed by atoms with van der Waals surface area (Å²) in [5.41, 5.74) is 0.853. The highest BCUT2D eigenvalue weighted by Gasteiger charge is 2.26. The van der Waals surface area contributed by atoms with E-state index in [9.17, 15) is 4.79 Å². The average molecular weight is 244 g/mol. The fourth-order valence-corrected chi connectivity index (χ4v) is 2.13. The number of fused-ring (bicyclic) bond motifs is 1. The third-order valence-corrected chi connectivity index (χ3v) is 3.14. The van der Waals surface area contributed by atoms with E-state index in [2.05, 4.69) is 15.1 Å².